The number of hydrogen-bond acceptors (Lipinski definition) is 6. The topological polar surface area (TPSA) is 80.4 Å². The molecule has 1 aliphatic heterocycles. The fourth-order valence-electron chi connectivity index (χ4n) is 2.75. The largest absolute Gasteiger partial charge is 0.488 e. The van der Waals surface area contributed by atoms with Crippen LogP contribution in [0, 0.1) is 0 Å². The molecule has 2 N–H and O–H groups in total. The third-order valence-corrected chi connectivity index (χ3v) is 3.71. The van der Waals surface area contributed by atoms with E-state index >= 15 is 0 Å². The number of nitrogens with one attached hydrogen (secondary N) is 1. The van der Waals surface area contributed by atoms with Crippen LogP contribution in [-0.4, -0.2) is 34.8 Å². The lowest BCUT2D eigenvalue weighted by Crippen LogP contribution is -2.11. The molecule has 0 bridgehead atoms. The molecular weight excluding hydrogens is 282 g/mol. The molecule has 0 spiro atoms. The van der Waals surface area contributed by atoms with Crippen LogP contribution in [-0.2, 0) is 6.42 Å². The summed E-state index contributed by atoms with van der Waals surface area (Å²) in [4.78, 5) is 8.66. The summed E-state index contributed by atoms with van der Waals surface area (Å²) in [7, 11) is 0. The Morgan fingerprint density at radius 2 is 2.14 bits per heavy atom. The number of furan rings is 1. The summed E-state index contributed by atoms with van der Waals surface area (Å²) in [6, 6.07) is 7.79. The second-order valence-corrected chi connectivity index (χ2v) is 5.05. The summed E-state index contributed by atoms with van der Waals surface area (Å²) in [6.45, 7) is 1.02. The number of rotatable bonds is 3. The number of nitrogens with zero attached hydrogens (tertiary/aromatic N) is 2. The highest BCUT2D eigenvalue weighted by Crippen LogP contribution is 2.42. The van der Waals surface area contributed by atoms with Gasteiger partial charge in [0.25, 0.3) is 0 Å². The zero-order chi connectivity index (χ0) is 14.9. The number of anilines is 1. The molecule has 1 aliphatic rings. The van der Waals surface area contributed by atoms with E-state index in [9.17, 15) is 0 Å². The first-order chi connectivity index (χ1) is 10.9. The average molecular weight is 297 g/mol. The van der Waals surface area contributed by atoms with Gasteiger partial charge in [0, 0.05) is 18.5 Å². The van der Waals surface area contributed by atoms with Crippen LogP contribution in [0.4, 0.5) is 5.82 Å². The summed E-state index contributed by atoms with van der Waals surface area (Å²) in [5.41, 5.74) is 2.48. The second-order valence-electron chi connectivity index (χ2n) is 5.05. The third-order valence-electron chi connectivity index (χ3n) is 3.71. The molecule has 0 saturated heterocycles. The van der Waals surface area contributed by atoms with Gasteiger partial charge in [0.05, 0.1) is 18.6 Å². The van der Waals surface area contributed by atoms with E-state index in [0.29, 0.717) is 25.3 Å². The van der Waals surface area contributed by atoms with Crippen LogP contribution in [0.3, 0.4) is 0 Å². The van der Waals surface area contributed by atoms with Gasteiger partial charge in [-0.15, -0.1) is 0 Å². The quantitative estimate of drug-likeness (QED) is 0.771. The van der Waals surface area contributed by atoms with Gasteiger partial charge >= 0.3 is 0 Å². The minimum absolute atomic E-state index is 0.0468. The second kappa shape index (κ2) is 5.31. The lowest BCUT2D eigenvalue weighted by Gasteiger charge is -2.10. The van der Waals surface area contributed by atoms with Gasteiger partial charge in [0.1, 0.15) is 23.4 Å². The summed E-state index contributed by atoms with van der Waals surface area (Å²) in [5.74, 6) is 2.10. The van der Waals surface area contributed by atoms with E-state index in [1.54, 1.807) is 0 Å². The number of fused-ring (bicyclic) bond motifs is 5. The van der Waals surface area contributed by atoms with Gasteiger partial charge < -0.3 is 19.6 Å². The maximum Gasteiger partial charge on any atom is 0.196 e. The molecule has 4 rings (SSSR count). The Bertz CT molecular complexity index is 829. The van der Waals surface area contributed by atoms with Crippen molar-refractivity contribution in [2.75, 3.05) is 25.1 Å². The highest BCUT2D eigenvalue weighted by atomic mass is 16.5. The van der Waals surface area contributed by atoms with Crippen molar-refractivity contribution in [3.8, 4) is 17.2 Å². The molecule has 22 heavy (non-hydrogen) atoms. The highest BCUT2D eigenvalue weighted by Gasteiger charge is 2.25. The fraction of sp³-hybridized carbons (Fsp3) is 0.250. The van der Waals surface area contributed by atoms with Gasteiger partial charge in [0.2, 0.25) is 0 Å². The van der Waals surface area contributed by atoms with E-state index in [-0.39, 0.29) is 6.61 Å². The molecule has 0 aliphatic carbocycles. The average Bonchev–Trinajstić information content (AvgIpc) is 2.82. The van der Waals surface area contributed by atoms with Crippen LogP contribution < -0.4 is 10.1 Å². The molecular formula is C16H15N3O3. The van der Waals surface area contributed by atoms with E-state index in [0.717, 1.165) is 33.8 Å². The number of benzene rings is 1. The summed E-state index contributed by atoms with van der Waals surface area (Å²) in [5, 5.41) is 13.1. The van der Waals surface area contributed by atoms with E-state index in [1.165, 1.54) is 6.33 Å². The van der Waals surface area contributed by atoms with Crippen molar-refractivity contribution in [1.29, 1.82) is 0 Å². The van der Waals surface area contributed by atoms with E-state index in [2.05, 4.69) is 15.3 Å². The maximum atomic E-state index is 8.99. The highest BCUT2D eigenvalue weighted by molar-refractivity contribution is 5.92. The van der Waals surface area contributed by atoms with Crippen molar-refractivity contribution < 1.29 is 14.3 Å². The van der Waals surface area contributed by atoms with Crippen molar-refractivity contribution in [3.63, 3.8) is 0 Å². The van der Waals surface area contributed by atoms with Crippen LogP contribution in [0.15, 0.2) is 35.0 Å². The summed E-state index contributed by atoms with van der Waals surface area (Å²) >= 11 is 0. The molecule has 6 heteroatoms. The Balaban J connectivity index is 1.91. The first kappa shape index (κ1) is 13.1. The van der Waals surface area contributed by atoms with Crippen molar-refractivity contribution >= 4 is 16.8 Å². The minimum atomic E-state index is 0.0468. The monoisotopic (exact) mass is 297 g/mol. The van der Waals surface area contributed by atoms with Gasteiger partial charge in [-0.2, -0.15) is 0 Å². The Morgan fingerprint density at radius 3 is 3.05 bits per heavy atom. The Hall–Kier alpha value is -2.60. The molecule has 3 aromatic rings. The molecule has 0 fully saturated rings. The molecule has 0 saturated carbocycles. The normalized spacial score (nSPS) is 13.1. The molecule has 0 amide bonds. The molecule has 3 heterocycles. The van der Waals surface area contributed by atoms with Gasteiger partial charge in [-0.05, 0) is 12.1 Å². The lowest BCUT2D eigenvalue weighted by molar-refractivity contribution is 0.311. The van der Waals surface area contributed by atoms with Crippen LogP contribution in [0.2, 0.25) is 0 Å². The maximum absolute atomic E-state index is 8.99. The molecule has 0 unspecified atom stereocenters. The Kier molecular flexibility index (Phi) is 3.16. The van der Waals surface area contributed by atoms with E-state index in [4.69, 9.17) is 14.3 Å². The lowest BCUT2D eigenvalue weighted by atomic mass is 10.1. The molecule has 2 aromatic heterocycles. The van der Waals surface area contributed by atoms with Crippen LogP contribution in [0.5, 0.6) is 5.75 Å². The van der Waals surface area contributed by atoms with Crippen LogP contribution >= 0.6 is 0 Å². The number of aromatic nitrogens is 2. The predicted octanol–water partition coefficient (Wildman–Crippen LogP) is 2.23. The van der Waals surface area contributed by atoms with Crippen molar-refractivity contribution in [3.05, 3.63) is 36.2 Å². The van der Waals surface area contributed by atoms with Gasteiger partial charge in [-0.25, -0.2) is 9.97 Å². The third kappa shape index (κ3) is 2.00. The SMILES string of the molecule is OCCNc1ncnc2c1CCOc1c-2oc2ccccc12. The standard InChI is InChI=1S/C16H15N3O3/c20-7-6-17-16-11-5-8-21-14-10-3-1-2-4-12(10)22-15(14)13(11)18-9-19-16/h1-4,9,20H,5-8H2,(H,17,18,19). The smallest absolute Gasteiger partial charge is 0.196 e. The minimum Gasteiger partial charge on any atom is -0.488 e. The van der Waals surface area contributed by atoms with Crippen molar-refractivity contribution in [2.45, 2.75) is 6.42 Å². The zero-order valence-electron chi connectivity index (χ0n) is 11.9. The predicted molar refractivity (Wildman–Crippen MR) is 82.0 cm³/mol. The summed E-state index contributed by atoms with van der Waals surface area (Å²) in [6.07, 6.45) is 2.18. The number of ether oxygens (including phenoxy) is 1. The van der Waals surface area contributed by atoms with Gasteiger partial charge in [0.15, 0.2) is 11.5 Å². The molecule has 0 radical (unpaired) electrons. The zero-order valence-corrected chi connectivity index (χ0v) is 11.9. The fourth-order valence-corrected chi connectivity index (χ4v) is 2.75. The molecule has 1 aromatic carbocycles. The number of aliphatic hydroxyl groups excluding tert-OH is 1. The molecule has 6 nitrogen and oxygen atoms in total. The molecule has 0 atom stereocenters. The Labute approximate surface area is 126 Å². The number of para-hydroxylation sites is 1. The van der Waals surface area contributed by atoms with E-state index in [1.807, 2.05) is 24.3 Å². The number of aliphatic hydroxyl groups is 1. The van der Waals surface area contributed by atoms with Gasteiger partial charge in [-0.1, -0.05) is 12.1 Å². The first-order valence-corrected chi connectivity index (χ1v) is 7.22. The van der Waals surface area contributed by atoms with E-state index < -0.39 is 0 Å². The first-order valence-electron chi connectivity index (χ1n) is 7.22. The van der Waals surface area contributed by atoms with Crippen LogP contribution in [0.1, 0.15) is 5.56 Å². The van der Waals surface area contributed by atoms with Crippen LogP contribution in [0.25, 0.3) is 22.4 Å². The molecule has 112 valence electrons. The van der Waals surface area contributed by atoms with Crippen molar-refractivity contribution in [1.82, 2.24) is 9.97 Å². The number of hydrogen-bond donors (Lipinski definition) is 2. The van der Waals surface area contributed by atoms with Gasteiger partial charge in [-0.3, -0.25) is 0 Å². The Morgan fingerprint density at radius 1 is 1.23 bits per heavy atom. The van der Waals surface area contributed by atoms with Crippen molar-refractivity contribution in [2.24, 2.45) is 0 Å². The summed E-state index contributed by atoms with van der Waals surface area (Å²) < 4.78 is 11.9.